The first kappa shape index (κ1) is 24.2. The van der Waals surface area contributed by atoms with Gasteiger partial charge in [0.1, 0.15) is 17.2 Å². The largest absolute Gasteiger partial charge is 0.494 e. The first-order valence-corrected chi connectivity index (χ1v) is 12.6. The maximum atomic E-state index is 12.1. The van der Waals surface area contributed by atoms with Gasteiger partial charge in [0.2, 0.25) is 0 Å². The Kier molecular flexibility index (Phi) is 8.50. The van der Waals surface area contributed by atoms with Crippen molar-refractivity contribution in [2.45, 2.75) is 42.9 Å². The van der Waals surface area contributed by atoms with Crippen LogP contribution in [0.2, 0.25) is 0 Å². The molecule has 1 aliphatic heterocycles. The molecule has 0 saturated carbocycles. The molecule has 0 fully saturated rings. The minimum absolute atomic E-state index is 0.232. The van der Waals surface area contributed by atoms with Gasteiger partial charge in [-0.25, -0.2) is 4.79 Å². The van der Waals surface area contributed by atoms with Gasteiger partial charge in [-0.3, -0.25) is 0 Å². The third kappa shape index (κ3) is 6.13. The van der Waals surface area contributed by atoms with E-state index in [4.69, 9.17) is 18.9 Å². The van der Waals surface area contributed by atoms with Crippen molar-refractivity contribution in [3.05, 3.63) is 83.9 Å². The monoisotopic (exact) mass is 478 g/mol. The average Bonchev–Trinajstić information content (AvgIpc) is 3.01. The highest BCUT2D eigenvalue weighted by molar-refractivity contribution is 7.99. The van der Waals surface area contributed by atoms with Crippen LogP contribution < -0.4 is 9.47 Å². The van der Waals surface area contributed by atoms with Crippen molar-refractivity contribution in [1.82, 2.24) is 0 Å². The summed E-state index contributed by atoms with van der Waals surface area (Å²) in [6, 6.07) is 24.2. The molecule has 0 aliphatic carbocycles. The Bertz CT molecular complexity index is 1080. The molecule has 3 aromatic carbocycles. The highest BCUT2D eigenvalue weighted by Crippen LogP contribution is 2.49. The smallest absolute Gasteiger partial charge is 0.335 e. The molecule has 3 aromatic rings. The second-order valence-corrected chi connectivity index (χ2v) is 9.12. The van der Waals surface area contributed by atoms with Crippen LogP contribution in [0.25, 0.3) is 0 Å². The van der Waals surface area contributed by atoms with E-state index in [0.29, 0.717) is 26.2 Å². The second-order valence-electron chi connectivity index (χ2n) is 7.87. The first-order chi connectivity index (χ1) is 16.7. The number of hydrogen-bond donors (Lipinski definition) is 0. The molecule has 178 valence electrons. The summed E-state index contributed by atoms with van der Waals surface area (Å²) in [5, 5.41) is 0.232. The Morgan fingerprint density at radius 1 is 0.941 bits per heavy atom. The van der Waals surface area contributed by atoms with E-state index in [1.165, 1.54) is 5.56 Å². The number of fused-ring (bicyclic) bond motifs is 2. The number of esters is 1. The van der Waals surface area contributed by atoms with E-state index in [1.54, 1.807) is 6.92 Å². The topological polar surface area (TPSA) is 54.0 Å². The van der Waals surface area contributed by atoms with Gasteiger partial charge in [-0.05, 0) is 56.2 Å². The van der Waals surface area contributed by atoms with Crippen LogP contribution in [0.4, 0.5) is 0 Å². The fourth-order valence-corrected chi connectivity index (χ4v) is 5.11. The fourth-order valence-electron chi connectivity index (χ4n) is 3.89. The predicted molar refractivity (Wildman–Crippen MR) is 134 cm³/mol. The van der Waals surface area contributed by atoms with Gasteiger partial charge in [0.15, 0.2) is 6.10 Å². The maximum absolute atomic E-state index is 12.1. The van der Waals surface area contributed by atoms with Crippen molar-refractivity contribution in [3.63, 3.8) is 0 Å². The second kappa shape index (κ2) is 12.0. The van der Waals surface area contributed by atoms with Crippen molar-refractivity contribution >= 4 is 17.7 Å². The number of benzene rings is 3. The highest BCUT2D eigenvalue weighted by Gasteiger charge is 2.24. The van der Waals surface area contributed by atoms with Crippen molar-refractivity contribution in [2.75, 3.05) is 19.8 Å². The van der Waals surface area contributed by atoms with E-state index < -0.39 is 6.10 Å². The normalized spacial score (nSPS) is 15.3. The lowest BCUT2D eigenvalue weighted by atomic mass is 10.1. The van der Waals surface area contributed by atoms with E-state index in [1.807, 2.05) is 73.3 Å². The molecule has 0 aromatic heterocycles. The standard InChI is InChI=1S/C28H30O5S/c1-3-30-25(28(29)31-4-2)19-20-13-15-21(16-14-20)32-18-17-26-22-9-5-6-10-23(22)33-24-11-7-8-12-27(24)34-26/h5-16,25-26H,3-4,17-19H2,1-2H3. The lowest BCUT2D eigenvalue weighted by molar-refractivity contribution is -0.156. The molecule has 4 rings (SSSR count). The number of carbonyl (C=O) groups is 1. The van der Waals surface area contributed by atoms with E-state index in [2.05, 4.69) is 18.2 Å². The zero-order chi connectivity index (χ0) is 23.8. The summed E-state index contributed by atoms with van der Waals surface area (Å²) in [6.07, 6.45) is 0.729. The zero-order valence-electron chi connectivity index (χ0n) is 19.6. The van der Waals surface area contributed by atoms with Crippen molar-refractivity contribution in [1.29, 1.82) is 0 Å². The summed E-state index contributed by atoms with van der Waals surface area (Å²) in [4.78, 5) is 13.2. The number of thioether (sulfide) groups is 1. The van der Waals surface area contributed by atoms with Gasteiger partial charge in [0, 0.05) is 23.8 Å². The van der Waals surface area contributed by atoms with Crippen molar-refractivity contribution in [3.8, 4) is 17.2 Å². The van der Waals surface area contributed by atoms with Gasteiger partial charge < -0.3 is 18.9 Å². The Balaban J connectivity index is 1.36. The molecule has 0 spiro atoms. The molecule has 0 amide bonds. The molecule has 0 N–H and O–H groups in total. The van der Waals surface area contributed by atoms with E-state index in [9.17, 15) is 4.79 Å². The Labute approximate surface area is 205 Å². The molecule has 6 heteroatoms. The minimum Gasteiger partial charge on any atom is -0.494 e. The summed E-state index contributed by atoms with van der Waals surface area (Å²) in [5.74, 6) is 2.28. The van der Waals surface area contributed by atoms with E-state index >= 15 is 0 Å². The van der Waals surface area contributed by atoms with Crippen molar-refractivity contribution in [2.24, 2.45) is 0 Å². The van der Waals surface area contributed by atoms with Crippen LogP contribution in [0.3, 0.4) is 0 Å². The van der Waals surface area contributed by atoms with E-state index in [0.717, 1.165) is 34.1 Å². The van der Waals surface area contributed by atoms with Crippen molar-refractivity contribution < 1.29 is 23.7 Å². The van der Waals surface area contributed by atoms with Gasteiger partial charge in [0.05, 0.1) is 18.1 Å². The fraction of sp³-hybridized carbons (Fsp3) is 0.321. The summed E-state index contributed by atoms with van der Waals surface area (Å²) >= 11 is 1.81. The lowest BCUT2D eigenvalue weighted by Crippen LogP contribution is -2.28. The molecule has 2 unspecified atom stereocenters. The van der Waals surface area contributed by atoms with Gasteiger partial charge in [-0.1, -0.05) is 42.5 Å². The van der Waals surface area contributed by atoms with Crippen LogP contribution in [0.1, 0.15) is 36.6 Å². The highest BCUT2D eigenvalue weighted by atomic mass is 32.2. The number of rotatable bonds is 10. The average molecular weight is 479 g/mol. The summed E-state index contributed by atoms with van der Waals surface area (Å²) in [5.41, 5.74) is 2.18. The lowest BCUT2D eigenvalue weighted by Gasteiger charge is -2.17. The molecule has 1 aliphatic rings. The number of carbonyl (C=O) groups excluding carboxylic acids is 1. The van der Waals surface area contributed by atoms with E-state index in [-0.39, 0.29) is 11.2 Å². The quantitative estimate of drug-likeness (QED) is 0.306. The Morgan fingerprint density at radius 2 is 1.68 bits per heavy atom. The van der Waals surface area contributed by atoms with Gasteiger partial charge in [-0.15, -0.1) is 11.8 Å². The molecule has 34 heavy (non-hydrogen) atoms. The maximum Gasteiger partial charge on any atom is 0.335 e. The predicted octanol–water partition coefficient (Wildman–Crippen LogP) is 6.61. The number of ether oxygens (including phenoxy) is 4. The van der Waals surface area contributed by atoms with Crippen LogP contribution >= 0.6 is 11.8 Å². The molecule has 0 bridgehead atoms. The molecule has 1 heterocycles. The zero-order valence-corrected chi connectivity index (χ0v) is 20.4. The van der Waals surface area contributed by atoms with Crippen LogP contribution in [0.15, 0.2) is 77.7 Å². The summed E-state index contributed by atoms with van der Waals surface area (Å²) in [6.45, 7) is 5.06. The third-order valence-electron chi connectivity index (χ3n) is 5.51. The molecule has 5 nitrogen and oxygen atoms in total. The van der Waals surface area contributed by atoms with Crippen LogP contribution in [-0.2, 0) is 20.7 Å². The SMILES string of the molecule is CCOC(=O)C(Cc1ccc(OCCC2Sc3ccccc3Oc3ccccc32)cc1)OCC. The first-order valence-electron chi connectivity index (χ1n) is 11.7. The van der Waals surface area contributed by atoms with Gasteiger partial charge in [-0.2, -0.15) is 0 Å². The number of para-hydroxylation sites is 2. The van der Waals surface area contributed by atoms with Crippen LogP contribution in [0.5, 0.6) is 17.2 Å². The molecule has 2 atom stereocenters. The molecular formula is C28H30O5S. The molecule has 0 radical (unpaired) electrons. The summed E-state index contributed by atoms with van der Waals surface area (Å²) < 4.78 is 22.9. The Hall–Kier alpha value is -2.96. The summed E-state index contributed by atoms with van der Waals surface area (Å²) in [7, 11) is 0. The molecular weight excluding hydrogens is 448 g/mol. The third-order valence-corrected chi connectivity index (χ3v) is 6.88. The van der Waals surface area contributed by atoms with Crippen LogP contribution in [0, 0.1) is 0 Å². The minimum atomic E-state index is -0.589. The molecule has 0 saturated heterocycles. The van der Waals surface area contributed by atoms with Gasteiger partial charge in [0.25, 0.3) is 0 Å². The Morgan fingerprint density at radius 3 is 2.44 bits per heavy atom. The van der Waals surface area contributed by atoms with Gasteiger partial charge >= 0.3 is 5.97 Å². The number of hydrogen-bond acceptors (Lipinski definition) is 6. The van der Waals surface area contributed by atoms with Crippen LogP contribution in [-0.4, -0.2) is 31.9 Å².